The Bertz CT molecular complexity index is 1450. The molecule has 0 radical (unpaired) electrons. The zero-order valence-corrected chi connectivity index (χ0v) is 22.3. The number of pyridine rings is 1. The molecule has 9 heteroatoms. The van der Waals surface area contributed by atoms with Crippen LogP contribution in [0.25, 0.3) is 10.9 Å². The van der Waals surface area contributed by atoms with Gasteiger partial charge in [0.05, 0.1) is 16.1 Å². The molecule has 196 valence electrons. The van der Waals surface area contributed by atoms with Gasteiger partial charge in [-0.1, -0.05) is 61.0 Å². The Morgan fingerprint density at radius 1 is 1.08 bits per heavy atom. The van der Waals surface area contributed by atoms with E-state index in [2.05, 4.69) is 4.98 Å². The number of carbonyl (C=O) groups excluding carboxylic acids is 1. The lowest BCUT2D eigenvalue weighted by Crippen LogP contribution is -2.30. The summed E-state index contributed by atoms with van der Waals surface area (Å²) in [5.41, 5.74) is 3.23. The summed E-state index contributed by atoms with van der Waals surface area (Å²) in [5, 5.41) is 24.3. The van der Waals surface area contributed by atoms with E-state index in [0.29, 0.717) is 34.9 Å². The van der Waals surface area contributed by atoms with Crippen molar-refractivity contribution in [1.29, 1.82) is 0 Å². The maximum atomic E-state index is 11.4. The van der Waals surface area contributed by atoms with Crippen LogP contribution in [0.4, 0.5) is 5.69 Å². The summed E-state index contributed by atoms with van der Waals surface area (Å²) < 4.78 is 6.04. The Morgan fingerprint density at radius 3 is 2.66 bits per heavy atom. The molecule has 4 aromatic rings. The van der Waals surface area contributed by atoms with E-state index in [-0.39, 0.29) is 22.5 Å². The summed E-state index contributed by atoms with van der Waals surface area (Å²) in [6.45, 7) is 1.88. The highest BCUT2D eigenvalue weighted by Gasteiger charge is 2.19. The lowest BCUT2D eigenvalue weighted by Gasteiger charge is -2.21. The van der Waals surface area contributed by atoms with E-state index in [0.717, 1.165) is 22.2 Å². The average Bonchev–Trinajstić information content (AvgIpc) is 2.91. The van der Waals surface area contributed by atoms with Crippen molar-refractivity contribution in [2.75, 3.05) is 5.75 Å². The van der Waals surface area contributed by atoms with Gasteiger partial charge >= 0.3 is 0 Å². The van der Waals surface area contributed by atoms with Crippen molar-refractivity contribution < 1.29 is 19.6 Å². The van der Waals surface area contributed by atoms with Gasteiger partial charge in [-0.2, -0.15) is 11.8 Å². The van der Waals surface area contributed by atoms with E-state index in [9.17, 15) is 20.0 Å². The molecule has 7 nitrogen and oxygen atoms in total. The Morgan fingerprint density at radius 2 is 1.87 bits per heavy atom. The van der Waals surface area contributed by atoms with Crippen LogP contribution in [-0.2, 0) is 17.8 Å². The first-order chi connectivity index (χ1) is 18.3. The summed E-state index contributed by atoms with van der Waals surface area (Å²) in [6.07, 6.45) is 1.06. The van der Waals surface area contributed by atoms with Crippen LogP contribution in [0.15, 0.2) is 78.9 Å². The summed E-state index contributed by atoms with van der Waals surface area (Å²) >= 11 is 7.60. The van der Waals surface area contributed by atoms with Crippen LogP contribution in [0.3, 0.4) is 0 Å². The molecule has 0 aliphatic rings. The summed E-state index contributed by atoms with van der Waals surface area (Å²) in [6, 6.07) is 23.8. The number of halogens is 1. The van der Waals surface area contributed by atoms with Gasteiger partial charge in [-0.3, -0.25) is 10.1 Å². The maximum Gasteiger partial charge on any atom is 0.272 e. The second-order valence-electron chi connectivity index (χ2n) is 8.97. The number of aromatic nitrogens is 1. The number of carbonyl (C=O) groups is 1. The lowest BCUT2D eigenvalue weighted by molar-refractivity contribution is -0.385. The number of nitro benzene ring substituents is 1. The number of aliphatic carboxylic acids is 1. The third-order valence-corrected chi connectivity index (χ3v) is 7.98. The number of thioether (sulfide) groups is 1. The highest BCUT2D eigenvalue weighted by atomic mass is 35.5. The zero-order valence-electron chi connectivity index (χ0n) is 20.7. The van der Waals surface area contributed by atoms with Crippen LogP contribution in [0.2, 0.25) is 5.02 Å². The normalized spacial score (nSPS) is 12.7. The Labute approximate surface area is 230 Å². The van der Waals surface area contributed by atoms with E-state index in [4.69, 9.17) is 16.3 Å². The molecule has 4 rings (SSSR count). The van der Waals surface area contributed by atoms with Gasteiger partial charge in [0.25, 0.3) is 5.69 Å². The molecule has 1 aromatic heterocycles. The fourth-order valence-electron chi connectivity index (χ4n) is 4.04. The molecule has 0 bridgehead atoms. The molecule has 0 amide bonds. The summed E-state index contributed by atoms with van der Waals surface area (Å²) in [5.74, 6) is -0.713. The second kappa shape index (κ2) is 12.8. The van der Waals surface area contributed by atoms with Crippen LogP contribution in [0, 0.1) is 16.0 Å². The number of fused-ring (bicyclic) bond motifs is 1. The molecule has 0 saturated heterocycles. The molecular formula is C29H26ClN2O5S-. The number of aryl methyl sites for hydroxylation is 1. The van der Waals surface area contributed by atoms with Crippen LogP contribution < -0.4 is 9.84 Å². The average molecular weight is 550 g/mol. The molecule has 0 fully saturated rings. The number of para-hydroxylation sites is 1. The largest absolute Gasteiger partial charge is 0.550 e. The van der Waals surface area contributed by atoms with Gasteiger partial charge in [-0.05, 0) is 48.7 Å². The molecule has 3 aromatic carbocycles. The number of nitrogens with zero attached hydrogens (tertiary/aromatic N) is 2. The van der Waals surface area contributed by atoms with Crippen molar-refractivity contribution in [3.05, 3.63) is 111 Å². The minimum atomic E-state index is -1.10. The van der Waals surface area contributed by atoms with E-state index in [1.165, 1.54) is 17.8 Å². The molecule has 0 spiro atoms. The third kappa shape index (κ3) is 7.24. The monoisotopic (exact) mass is 549 g/mol. The van der Waals surface area contributed by atoms with Gasteiger partial charge in [0, 0.05) is 44.9 Å². The van der Waals surface area contributed by atoms with Crippen LogP contribution in [0.1, 0.15) is 35.4 Å². The Kier molecular flexibility index (Phi) is 9.20. The minimum absolute atomic E-state index is 0.0839. The number of rotatable bonds is 12. The van der Waals surface area contributed by atoms with Crippen LogP contribution >= 0.6 is 23.4 Å². The number of nitro groups is 1. The predicted octanol–water partition coefficient (Wildman–Crippen LogP) is 6.17. The smallest absolute Gasteiger partial charge is 0.272 e. The summed E-state index contributed by atoms with van der Waals surface area (Å²) in [7, 11) is 0. The predicted molar refractivity (Wildman–Crippen MR) is 148 cm³/mol. The Hall–Kier alpha value is -3.62. The molecule has 38 heavy (non-hydrogen) atoms. The molecule has 1 heterocycles. The highest BCUT2D eigenvalue weighted by molar-refractivity contribution is 7.99. The second-order valence-corrected chi connectivity index (χ2v) is 10.6. The van der Waals surface area contributed by atoms with Gasteiger partial charge in [-0.15, -0.1) is 0 Å². The SMILES string of the molecule is CC(CSC(CCc1ccccc1[N+](=O)[O-])c1cccc(OCc2ccc3ccc(Cl)cc3n2)c1)C(=O)[O-]. The number of hydrogen-bond acceptors (Lipinski definition) is 7. The number of carboxylic acids is 1. The molecule has 2 atom stereocenters. The van der Waals surface area contributed by atoms with Gasteiger partial charge in [0.1, 0.15) is 12.4 Å². The van der Waals surface area contributed by atoms with Crippen LogP contribution in [-0.4, -0.2) is 21.6 Å². The number of ether oxygens (including phenoxy) is 1. The number of hydrogen-bond donors (Lipinski definition) is 0. The van der Waals surface area contributed by atoms with Gasteiger partial charge < -0.3 is 14.6 Å². The van der Waals surface area contributed by atoms with Gasteiger partial charge in [0.2, 0.25) is 0 Å². The van der Waals surface area contributed by atoms with Crippen molar-refractivity contribution in [1.82, 2.24) is 4.98 Å². The maximum absolute atomic E-state index is 11.4. The molecular weight excluding hydrogens is 524 g/mol. The van der Waals surface area contributed by atoms with Crippen molar-refractivity contribution in [2.45, 2.75) is 31.6 Å². The number of carboxylic acid groups (broad SMARTS) is 1. The quantitative estimate of drug-likeness (QED) is 0.154. The van der Waals surface area contributed by atoms with Gasteiger partial charge in [0.15, 0.2) is 0 Å². The van der Waals surface area contributed by atoms with Crippen molar-refractivity contribution in [3.8, 4) is 5.75 Å². The third-order valence-electron chi connectivity index (χ3n) is 6.14. The zero-order chi connectivity index (χ0) is 27.1. The fraction of sp³-hybridized carbons (Fsp3) is 0.241. The minimum Gasteiger partial charge on any atom is -0.550 e. The van der Waals surface area contributed by atoms with E-state index >= 15 is 0 Å². The van der Waals surface area contributed by atoms with E-state index in [1.807, 2.05) is 54.6 Å². The molecule has 0 aliphatic carbocycles. The molecule has 2 unspecified atom stereocenters. The highest BCUT2D eigenvalue weighted by Crippen LogP contribution is 2.37. The van der Waals surface area contributed by atoms with Crippen molar-refractivity contribution in [2.24, 2.45) is 5.92 Å². The first-order valence-corrected chi connectivity index (χ1v) is 13.6. The Balaban J connectivity index is 1.50. The van der Waals surface area contributed by atoms with E-state index in [1.54, 1.807) is 25.1 Å². The lowest BCUT2D eigenvalue weighted by atomic mass is 10.0. The molecule has 0 N–H and O–H groups in total. The van der Waals surface area contributed by atoms with Crippen molar-refractivity contribution >= 4 is 45.9 Å². The van der Waals surface area contributed by atoms with E-state index < -0.39 is 11.9 Å². The molecule has 0 aliphatic heterocycles. The van der Waals surface area contributed by atoms with Crippen molar-refractivity contribution in [3.63, 3.8) is 0 Å². The molecule has 0 saturated carbocycles. The number of benzene rings is 3. The standard InChI is InChI=1S/C29H27ClN2O5S/c1-19(29(33)34)18-38-28(14-11-21-5-2-3-8-27(21)32(35)36)22-6-4-7-25(15-22)37-17-24-13-10-20-9-12-23(30)16-26(20)31-24/h2-10,12-13,15-16,19,28H,11,14,17-18H2,1H3,(H,33,34)/p-1. The van der Waals surface area contributed by atoms with Gasteiger partial charge in [-0.25, -0.2) is 4.98 Å². The first kappa shape index (κ1) is 27.4. The first-order valence-electron chi connectivity index (χ1n) is 12.1. The fourth-order valence-corrected chi connectivity index (χ4v) is 5.48. The summed E-state index contributed by atoms with van der Waals surface area (Å²) in [4.78, 5) is 27.0. The van der Waals surface area contributed by atoms with Crippen LogP contribution in [0.5, 0.6) is 5.75 Å². The topological polar surface area (TPSA) is 105 Å².